The van der Waals surface area contributed by atoms with Crippen LogP contribution in [-0.4, -0.2) is 70.8 Å². The minimum absolute atomic E-state index is 0.341. The smallest absolute Gasteiger partial charge is 0.249 e. The molecule has 3 aromatic rings. The quantitative estimate of drug-likeness (QED) is 0.612. The molecule has 0 saturated carbocycles. The maximum absolute atomic E-state index is 13.4. The molecule has 2 aromatic heterocycles. The molecule has 4 heterocycles. The highest BCUT2D eigenvalue weighted by molar-refractivity contribution is 5.98. The van der Waals surface area contributed by atoms with Crippen molar-refractivity contribution in [1.82, 2.24) is 19.7 Å². The van der Waals surface area contributed by atoms with E-state index in [0.717, 1.165) is 54.2 Å². The molecule has 1 amide bonds. The van der Waals surface area contributed by atoms with Crippen LogP contribution >= 0.6 is 0 Å². The molecule has 1 aromatic carbocycles. The third-order valence-corrected chi connectivity index (χ3v) is 6.43. The second-order valence-electron chi connectivity index (χ2n) is 8.99. The number of anilines is 2. The first kappa shape index (κ1) is 22.9. The van der Waals surface area contributed by atoms with Crippen molar-refractivity contribution in [3.8, 4) is 16.8 Å². The minimum atomic E-state index is -0.763. The lowest BCUT2D eigenvalue weighted by Crippen LogP contribution is -2.44. The predicted molar refractivity (Wildman–Crippen MR) is 136 cm³/mol. The summed E-state index contributed by atoms with van der Waals surface area (Å²) < 4.78 is 15.2. The molecule has 5 rings (SSSR count). The van der Waals surface area contributed by atoms with Gasteiger partial charge >= 0.3 is 0 Å². The topological polar surface area (TPSA) is 78.7 Å². The van der Waals surface area contributed by atoms with E-state index >= 15 is 0 Å². The van der Waals surface area contributed by atoms with Gasteiger partial charge in [-0.05, 0) is 50.2 Å². The van der Waals surface area contributed by atoms with Crippen LogP contribution in [0.25, 0.3) is 16.8 Å². The van der Waals surface area contributed by atoms with Crippen molar-refractivity contribution in [2.24, 2.45) is 4.99 Å². The summed E-state index contributed by atoms with van der Waals surface area (Å²) in [5.41, 5.74) is 5.53. The Balaban J connectivity index is 1.35. The molecular formula is C26H28FN7O. The van der Waals surface area contributed by atoms with Gasteiger partial charge in [0.15, 0.2) is 0 Å². The van der Waals surface area contributed by atoms with Crippen molar-refractivity contribution >= 4 is 23.2 Å². The van der Waals surface area contributed by atoms with E-state index in [9.17, 15) is 9.18 Å². The lowest BCUT2D eigenvalue weighted by molar-refractivity contribution is -0.117. The number of halogens is 1. The van der Waals surface area contributed by atoms with Gasteiger partial charge in [-0.15, -0.1) is 0 Å². The number of pyridine rings is 1. The summed E-state index contributed by atoms with van der Waals surface area (Å²) >= 11 is 0. The van der Waals surface area contributed by atoms with Gasteiger partial charge in [0.05, 0.1) is 23.8 Å². The molecule has 1 atom stereocenters. The molecule has 8 nitrogen and oxygen atoms in total. The van der Waals surface area contributed by atoms with Crippen LogP contribution in [0.5, 0.6) is 0 Å². The Morgan fingerprint density at radius 1 is 1.09 bits per heavy atom. The van der Waals surface area contributed by atoms with Crippen LogP contribution in [0.2, 0.25) is 0 Å². The summed E-state index contributed by atoms with van der Waals surface area (Å²) in [4.78, 5) is 25.5. The zero-order valence-electron chi connectivity index (χ0n) is 19.9. The number of amides is 1. The first-order valence-electron chi connectivity index (χ1n) is 11.7. The van der Waals surface area contributed by atoms with E-state index < -0.39 is 12.0 Å². The van der Waals surface area contributed by atoms with Crippen molar-refractivity contribution < 1.29 is 9.18 Å². The van der Waals surface area contributed by atoms with Gasteiger partial charge in [0.1, 0.15) is 6.04 Å². The summed E-state index contributed by atoms with van der Waals surface area (Å²) in [6, 6.07) is 7.00. The number of carbonyl (C=O) groups is 1. The number of dihydropyridines is 1. The molecule has 1 saturated heterocycles. The van der Waals surface area contributed by atoms with Crippen molar-refractivity contribution in [3.63, 3.8) is 0 Å². The number of carbonyl (C=O) groups excluding carboxylic acids is 1. The Morgan fingerprint density at radius 3 is 2.71 bits per heavy atom. The second-order valence-corrected chi connectivity index (χ2v) is 8.99. The zero-order chi connectivity index (χ0) is 24.4. The normalized spacial score (nSPS) is 18.4. The Labute approximate surface area is 203 Å². The van der Waals surface area contributed by atoms with E-state index in [0.29, 0.717) is 12.1 Å². The number of benzene rings is 1. The number of rotatable bonds is 5. The maximum Gasteiger partial charge on any atom is 0.249 e. The van der Waals surface area contributed by atoms with E-state index in [2.05, 4.69) is 43.3 Å². The van der Waals surface area contributed by atoms with Crippen molar-refractivity contribution in [2.45, 2.75) is 19.4 Å². The van der Waals surface area contributed by atoms with Crippen LogP contribution in [0.4, 0.5) is 15.8 Å². The van der Waals surface area contributed by atoms with Gasteiger partial charge in [-0.2, -0.15) is 9.49 Å². The number of aryl methyl sites for hydroxylation is 1. The average Bonchev–Trinajstić information content (AvgIpc) is 3.36. The molecular weight excluding hydrogens is 445 g/mol. The predicted octanol–water partition coefficient (Wildman–Crippen LogP) is 3.63. The highest BCUT2D eigenvalue weighted by Gasteiger charge is 2.20. The Kier molecular flexibility index (Phi) is 6.41. The number of hydrogen-bond donors (Lipinski definition) is 1. The molecule has 0 bridgehead atoms. The number of likely N-dealkylation sites (N-methyl/N-ethyl adjacent to an activating group) is 1. The van der Waals surface area contributed by atoms with Crippen LogP contribution in [-0.2, 0) is 4.79 Å². The van der Waals surface area contributed by atoms with Gasteiger partial charge in [-0.25, -0.2) is 9.67 Å². The first-order chi connectivity index (χ1) is 17.0. The first-order valence-corrected chi connectivity index (χ1v) is 11.7. The lowest BCUT2D eigenvalue weighted by atomic mass is 10.1. The van der Waals surface area contributed by atoms with Gasteiger partial charge < -0.3 is 15.1 Å². The molecule has 2 aliphatic rings. The van der Waals surface area contributed by atoms with Crippen molar-refractivity contribution in [1.29, 1.82) is 0 Å². The monoisotopic (exact) mass is 473 g/mol. The molecule has 0 spiro atoms. The Bertz CT molecular complexity index is 1290. The number of nitrogens with one attached hydrogen (secondary N) is 1. The summed E-state index contributed by atoms with van der Waals surface area (Å²) in [5, 5.41) is 7.42. The van der Waals surface area contributed by atoms with Crippen LogP contribution in [0.15, 0.2) is 66.2 Å². The fourth-order valence-electron chi connectivity index (χ4n) is 4.29. The van der Waals surface area contributed by atoms with E-state index in [4.69, 9.17) is 0 Å². The summed E-state index contributed by atoms with van der Waals surface area (Å²) in [5.74, 6) is -0.969. The molecule has 0 aliphatic carbocycles. The Morgan fingerprint density at radius 2 is 1.91 bits per heavy atom. The van der Waals surface area contributed by atoms with Crippen molar-refractivity contribution in [3.05, 3.63) is 66.8 Å². The number of aliphatic imine (C=N–C) groups is 1. The van der Waals surface area contributed by atoms with Gasteiger partial charge in [0.2, 0.25) is 11.9 Å². The van der Waals surface area contributed by atoms with E-state index in [1.54, 1.807) is 10.8 Å². The summed E-state index contributed by atoms with van der Waals surface area (Å²) in [6.07, 6.45) is 10.8. The van der Waals surface area contributed by atoms with Crippen LogP contribution < -0.4 is 10.2 Å². The summed E-state index contributed by atoms with van der Waals surface area (Å²) in [6.45, 7) is 6.02. The zero-order valence-corrected chi connectivity index (χ0v) is 19.9. The van der Waals surface area contributed by atoms with Gasteiger partial charge in [0, 0.05) is 55.4 Å². The van der Waals surface area contributed by atoms with Crippen LogP contribution in [0.1, 0.15) is 12.0 Å². The van der Waals surface area contributed by atoms with E-state index in [-0.39, 0.29) is 5.91 Å². The highest BCUT2D eigenvalue weighted by Crippen LogP contribution is 2.26. The largest absolute Gasteiger partial charge is 0.368 e. The molecule has 35 heavy (non-hydrogen) atoms. The fraction of sp³-hybridized carbons (Fsp3) is 0.308. The molecule has 2 aliphatic heterocycles. The third-order valence-electron chi connectivity index (χ3n) is 6.43. The maximum atomic E-state index is 13.4. The van der Waals surface area contributed by atoms with E-state index in [1.165, 1.54) is 6.08 Å². The van der Waals surface area contributed by atoms with E-state index in [1.807, 2.05) is 49.9 Å². The van der Waals surface area contributed by atoms with Gasteiger partial charge in [-0.3, -0.25) is 9.78 Å². The number of piperazine rings is 1. The molecule has 1 fully saturated rings. The van der Waals surface area contributed by atoms with Crippen LogP contribution in [0, 0.1) is 6.92 Å². The molecule has 1 unspecified atom stereocenters. The second kappa shape index (κ2) is 9.79. The average molecular weight is 474 g/mol. The molecule has 0 radical (unpaired) electrons. The number of allylic oxidation sites excluding steroid dienone is 1. The molecule has 1 N–H and O–H groups in total. The molecule has 9 heteroatoms. The number of aromatic nitrogens is 3. The minimum Gasteiger partial charge on any atom is -0.368 e. The van der Waals surface area contributed by atoms with Crippen molar-refractivity contribution in [2.75, 3.05) is 43.4 Å². The highest BCUT2D eigenvalue weighted by atomic mass is 19.1. The van der Waals surface area contributed by atoms with Gasteiger partial charge in [0.25, 0.3) is 0 Å². The Hall–Kier alpha value is -3.85. The van der Waals surface area contributed by atoms with Crippen LogP contribution in [0.3, 0.4) is 0 Å². The lowest BCUT2D eigenvalue weighted by Gasteiger charge is -2.33. The SMILES string of the molecule is Cc1ccc(NC(=O)C2CC=CC(F)=N2)cc1-n1cc(-c2cncc(N3CCN(C)CC3)c2)cn1. The summed E-state index contributed by atoms with van der Waals surface area (Å²) in [7, 11) is 2.14. The number of hydrogen-bond acceptors (Lipinski definition) is 6. The fourth-order valence-corrected chi connectivity index (χ4v) is 4.29. The van der Waals surface area contributed by atoms with Gasteiger partial charge in [-0.1, -0.05) is 12.1 Å². The standard InChI is InChI=1S/C26H28FN7O/c1-18-6-7-21(30-26(35)23-4-3-5-25(27)31-23)13-24(18)34-17-20(15-29-34)19-12-22(16-28-14-19)33-10-8-32(2)9-11-33/h3,5-7,12-17,23H,4,8-11H2,1-2H3,(H,30,35). The molecule has 180 valence electrons. The number of nitrogens with zero attached hydrogens (tertiary/aromatic N) is 6. The third kappa shape index (κ3) is 5.14.